The van der Waals surface area contributed by atoms with Crippen LogP contribution in [0, 0.1) is 0 Å². The number of nitrogens with two attached hydrogens (primary N) is 1. The van der Waals surface area contributed by atoms with Crippen molar-refractivity contribution < 1.29 is 0 Å². The summed E-state index contributed by atoms with van der Waals surface area (Å²) in [5.74, 6) is 0.889. The van der Waals surface area contributed by atoms with Crippen LogP contribution >= 0.6 is 23.2 Å². The lowest BCUT2D eigenvalue weighted by Gasteiger charge is -2.03. The monoisotopic (exact) mass is 202 g/mol. The molecule has 2 rings (SSSR count). The van der Waals surface area contributed by atoms with Gasteiger partial charge in [-0.2, -0.15) is 0 Å². The fourth-order valence-corrected chi connectivity index (χ4v) is 1.65. The zero-order chi connectivity index (χ0) is 8.72. The zero-order valence-corrected chi connectivity index (χ0v) is 7.86. The van der Waals surface area contributed by atoms with Crippen molar-refractivity contribution in [2.75, 3.05) is 5.73 Å². The van der Waals surface area contributed by atoms with Crippen molar-refractivity contribution in [2.24, 2.45) is 0 Å². The van der Waals surface area contributed by atoms with Gasteiger partial charge in [-0.3, -0.25) is 0 Å². The number of hydrogen-bond acceptors (Lipinski definition) is 2. The lowest BCUT2D eigenvalue weighted by Crippen LogP contribution is -1.96. The molecule has 0 unspecified atom stereocenters. The average molecular weight is 203 g/mol. The van der Waals surface area contributed by atoms with Crippen LogP contribution in [0.3, 0.4) is 0 Å². The molecule has 2 N–H and O–H groups in total. The maximum Gasteiger partial charge on any atom is 0.142 e. The highest BCUT2D eigenvalue weighted by atomic mass is 35.5. The summed E-state index contributed by atoms with van der Waals surface area (Å²) >= 11 is 11.7. The Bertz CT molecular complexity index is 321. The van der Waals surface area contributed by atoms with Crippen LogP contribution in [0.4, 0.5) is 5.82 Å². The lowest BCUT2D eigenvalue weighted by atomic mass is 10.2. The standard InChI is InChI=1S/C8H8Cl2N2/c9-5-3-6(10)8(11)12-7(5)4-1-2-4/h3-4H,1-2H2,(H2,11,12). The molecule has 0 radical (unpaired) electrons. The van der Waals surface area contributed by atoms with E-state index >= 15 is 0 Å². The van der Waals surface area contributed by atoms with Crippen LogP contribution in [0.15, 0.2) is 6.07 Å². The number of hydrogen-bond donors (Lipinski definition) is 1. The van der Waals surface area contributed by atoms with Crippen molar-refractivity contribution in [1.29, 1.82) is 0 Å². The maximum atomic E-state index is 5.93. The summed E-state index contributed by atoms with van der Waals surface area (Å²) in [4.78, 5) is 4.15. The van der Waals surface area contributed by atoms with E-state index in [4.69, 9.17) is 28.9 Å². The second-order valence-corrected chi connectivity index (χ2v) is 3.81. The molecule has 0 spiro atoms. The van der Waals surface area contributed by atoms with Gasteiger partial charge in [0.25, 0.3) is 0 Å². The minimum Gasteiger partial charge on any atom is -0.382 e. The number of pyridine rings is 1. The molecular weight excluding hydrogens is 195 g/mol. The molecule has 1 aliphatic carbocycles. The van der Waals surface area contributed by atoms with Crippen molar-refractivity contribution in [3.05, 3.63) is 21.8 Å². The van der Waals surface area contributed by atoms with Crippen LogP contribution in [-0.2, 0) is 0 Å². The Morgan fingerprint density at radius 3 is 2.58 bits per heavy atom. The Kier molecular flexibility index (Phi) is 1.89. The largest absolute Gasteiger partial charge is 0.382 e. The van der Waals surface area contributed by atoms with Crippen LogP contribution in [0.25, 0.3) is 0 Å². The number of aromatic nitrogens is 1. The molecule has 4 heteroatoms. The van der Waals surface area contributed by atoms with Gasteiger partial charge < -0.3 is 5.73 Å². The van der Waals surface area contributed by atoms with Gasteiger partial charge in [0.2, 0.25) is 0 Å². The average Bonchev–Trinajstić information content (AvgIpc) is 2.79. The van der Waals surface area contributed by atoms with Crippen molar-refractivity contribution in [3.63, 3.8) is 0 Å². The molecule has 64 valence electrons. The fourth-order valence-electron chi connectivity index (χ4n) is 1.14. The van der Waals surface area contributed by atoms with Crippen molar-refractivity contribution in [2.45, 2.75) is 18.8 Å². The van der Waals surface area contributed by atoms with Crippen molar-refractivity contribution >= 4 is 29.0 Å². The Balaban J connectivity index is 2.47. The highest BCUT2D eigenvalue weighted by molar-refractivity contribution is 6.36. The van der Waals surface area contributed by atoms with E-state index in [1.165, 1.54) is 0 Å². The van der Waals surface area contributed by atoms with Crippen LogP contribution < -0.4 is 5.73 Å². The third kappa shape index (κ3) is 1.37. The predicted molar refractivity (Wildman–Crippen MR) is 50.6 cm³/mol. The Labute approximate surface area is 80.7 Å². The fraction of sp³-hybridized carbons (Fsp3) is 0.375. The summed E-state index contributed by atoms with van der Waals surface area (Å²) < 4.78 is 0. The third-order valence-corrected chi connectivity index (χ3v) is 2.55. The highest BCUT2D eigenvalue weighted by Gasteiger charge is 2.27. The first-order valence-electron chi connectivity index (χ1n) is 3.80. The number of nitrogen functional groups attached to an aromatic ring is 1. The SMILES string of the molecule is Nc1nc(C2CC2)c(Cl)cc1Cl. The van der Waals surface area contributed by atoms with Gasteiger partial charge in [0, 0.05) is 5.92 Å². The molecule has 0 aromatic carbocycles. The molecule has 2 nitrogen and oxygen atoms in total. The minimum absolute atomic E-state index is 0.378. The molecule has 1 saturated carbocycles. The van der Waals surface area contributed by atoms with Crippen LogP contribution in [0.5, 0.6) is 0 Å². The van der Waals surface area contributed by atoms with Gasteiger partial charge in [-0.1, -0.05) is 23.2 Å². The lowest BCUT2D eigenvalue weighted by molar-refractivity contribution is 1.03. The summed E-state index contributed by atoms with van der Waals surface area (Å²) in [6, 6.07) is 1.67. The van der Waals surface area contributed by atoms with E-state index in [-0.39, 0.29) is 0 Å². The van der Waals surface area contributed by atoms with Gasteiger partial charge in [-0.05, 0) is 18.9 Å². The summed E-state index contributed by atoms with van der Waals surface area (Å²) in [7, 11) is 0. The first kappa shape index (κ1) is 8.14. The van der Waals surface area contributed by atoms with E-state index in [1.54, 1.807) is 6.07 Å². The van der Waals surface area contributed by atoms with Gasteiger partial charge in [-0.25, -0.2) is 4.98 Å². The van der Waals surface area contributed by atoms with E-state index in [2.05, 4.69) is 4.98 Å². The number of halogens is 2. The van der Waals surface area contributed by atoms with E-state index in [9.17, 15) is 0 Å². The highest BCUT2D eigenvalue weighted by Crippen LogP contribution is 2.43. The molecule has 1 fully saturated rings. The van der Waals surface area contributed by atoms with Gasteiger partial charge >= 0.3 is 0 Å². The van der Waals surface area contributed by atoms with Crippen molar-refractivity contribution in [1.82, 2.24) is 4.98 Å². The van der Waals surface area contributed by atoms with Gasteiger partial charge in [0.15, 0.2) is 0 Å². The molecule has 0 atom stereocenters. The van der Waals surface area contributed by atoms with Crippen LogP contribution in [0.1, 0.15) is 24.5 Å². The Hall–Kier alpha value is -0.470. The number of anilines is 1. The molecular formula is C8H8Cl2N2. The molecule has 1 aromatic rings. The number of nitrogens with zero attached hydrogens (tertiary/aromatic N) is 1. The Morgan fingerprint density at radius 1 is 1.33 bits per heavy atom. The van der Waals surface area contributed by atoms with Crippen LogP contribution in [-0.4, -0.2) is 4.98 Å². The molecule has 0 saturated heterocycles. The van der Waals surface area contributed by atoms with Gasteiger partial charge in [-0.15, -0.1) is 0 Å². The second-order valence-electron chi connectivity index (χ2n) is 3.00. The molecule has 12 heavy (non-hydrogen) atoms. The summed E-state index contributed by atoms with van der Waals surface area (Å²) in [5.41, 5.74) is 6.45. The number of rotatable bonds is 1. The second kappa shape index (κ2) is 2.79. The minimum atomic E-state index is 0.378. The van der Waals surface area contributed by atoms with E-state index < -0.39 is 0 Å². The maximum absolute atomic E-state index is 5.93. The molecule has 1 aliphatic rings. The van der Waals surface area contributed by atoms with Gasteiger partial charge in [0.05, 0.1) is 15.7 Å². The molecule has 1 aromatic heterocycles. The molecule has 0 bridgehead atoms. The molecule has 1 heterocycles. The van der Waals surface area contributed by atoms with E-state index in [0.29, 0.717) is 21.8 Å². The first-order valence-corrected chi connectivity index (χ1v) is 4.55. The summed E-state index contributed by atoms with van der Waals surface area (Å²) in [6.45, 7) is 0. The summed E-state index contributed by atoms with van der Waals surface area (Å²) in [5, 5.41) is 1.07. The first-order chi connectivity index (χ1) is 5.68. The zero-order valence-electron chi connectivity index (χ0n) is 6.35. The smallest absolute Gasteiger partial charge is 0.142 e. The van der Waals surface area contributed by atoms with Gasteiger partial charge in [0.1, 0.15) is 5.82 Å². The van der Waals surface area contributed by atoms with E-state index in [1.807, 2.05) is 0 Å². The third-order valence-electron chi connectivity index (χ3n) is 1.95. The topological polar surface area (TPSA) is 38.9 Å². The van der Waals surface area contributed by atoms with E-state index in [0.717, 1.165) is 18.5 Å². The Morgan fingerprint density at radius 2 is 2.00 bits per heavy atom. The molecule has 0 aliphatic heterocycles. The molecule has 0 amide bonds. The normalized spacial score (nSPS) is 16.5. The summed E-state index contributed by atoms with van der Waals surface area (Å²) in [6.07, 6.45) is 2.32. The quantitative estimate of drug-likeness (QED) is 0.761. The van der Waals surface area contributed by atoms with Crippen LogP contribution in [0.2, 0.25) is 10.0 Å². The van der Waals surface area contributed by atoms with Crippen molar-refractivity contribution in [3.8, 4) is 0 Å². The predicted octanol–water partition coefficient (Wildman–Crippen LogP) is 2.85.